The number of hydrogen-bond acceptors (Lipinski definition) is 3. The highest BCUT2D eigenvalue weighted by Crippen LogP contribution is 2.25. The molecule has 17 heavy (non-hydrogen) atoms. The topological polar surface area (TPSA) is 38.8 Å². The van der Waals surface area contributed by atoms with Gasteiger partial charge in [-0.15, -0.1) is 0 Å². The average molecular weight is 235 g/mol. The Morgan fingerprint density at radius 3 is 2.71 bits per heavy atom. The van der Waals surface area contributed by atoms with Gasteiger partial charge in [0.1, 0.15) is 6.61 Å². The van der Waals surface area contributed by atoms with Crippen molar-refractivity contribution >= 4 is 5.91 Å². The Bertz CT molecular complexity index is 380. The zero-order chi connectivity index (χ0) is 12.3. The van der Waals surface area contributed by atoms with E-state index in [1.165, 1.54) is 0 Å². The summed E-state index contributed by atoms with van der Waals surface area (Å²) in [7, 11) is 1.62. The molecule has 0 radical (unpaired) electrons. The first-order chi connectivity index (χ1) is 8.24. The number of carbonyl (C=O) groups excluding carboxylic acids is 1. The van der Waals surface area contributed by atoms with E-state index in [-0.39, 0.29) is 24.8 Å². The van der Waals surface area contributed by atoms with Crippen molar-refractivity contribution in [1.82, 2.24) is 4.90 Å². The Morgan fingerprint density at radius 1 is 1.41 bits per heavy atom. The molecule has 1 aliphatic rings. The largest absolute Gasteiger partial charge is 0.370 e. The van der Waals surface area contributed by atoms with E-state index in [9.17, 15) is 4.79 Å². The van der Waals surface area contributed by atoms with Gasteiger partial charge in [-0.1, -0.05) is 30.3 Å². The lowest BCUT2D eigenvalue weighted by molar-refractivity contribution is -0.167. The summed E-state index contributed by atoms with van der Waals surface area (Å²) in [4.78, 5) is 13.6. The van der Waals surface area contributed by atoms with Crippen molar-refractivity contribution < 1.29 is 14.3 Å². The monoisotopic (exact) mass is 235 g/mol. The van der Waals surface area contributed by atoms with Crippen molar-refractivity contribution in [1.29, 1.82) is 0 Å². The highest BCUT2D eigenvalue weighted by atomic mass is 16.5. The van der Waals surface area contributed by atoms with Crippen LogP contribution >= 0.6 is 0 Å². The SMILES string of the molecule is COC(c1ccccc1)N1C(=O)COCC1C. The maximum Gasteiger partial charge on any atom is 0.251 e. The maximum atomic E-state index is 11.9. The fourth-order valence-corrected chi connectivity index (χ4v) is 2.11. The molecule has 1 saturated heterocycles. The zero-order valence-electron chi connectivity index (χ0n) is 10.1. The van der Waals surface area contributed by atoms with E-state index >= 15 is 0 Å². The number of amides is 1. The van der Waals surface area contributed by atoms with Crippen LogP contribution in [-0.4, -0.2) is 37.2 Å². The van der Waals surface area contributed by atoms with E-state index in [2.05, 4.69) is 0 Å². The number of carbonyl (C=O) groups is 1. The predicted molar refractivity (Wildman–Crippen MR) is 63.3 cm³/mol. The second-order valence-corrected chi connectivity index (χ2v) is 4.16. The number of hydrogen-bond donors (Lipinski definition) is 0. The summed E-state index contributed by atoms with van der Waals surface area (Å²) in [6.07, 6.45) is -0.331. The highest BCUT2D eigenvalue weighted by Gasteiger charge is 2.32. The second-order valence-electron chi connectivity index (χ2n) is 4.16. The Hall–Kier alpha value is -1.39. The zero-order valence-corrected chi connectivity index (χ0v) is 10.1. The molecule has 2 rings (SSSR count). The van der Waals surface area contributed by atoms with Gasteiger partial charge in [-0.05, 0) is 6.92 Å². The second kappa shape index (κ2) is 5.29. The quantitative estimate of drug-likeness (QED) is 0.798. The molecule has 0 saturated carbocycles. The van der Waals surface area contributed by atoms with Crippen molar-refractivity contribution in [2.24, 2.45) is 0 Å². The maximum absolute atomic E-state index is 11.9. The van der Waals surface area contributed by atoms with Gasteiger partial charge in [-0.3, -0.25) is 4.79 Å². The summed E-state index contributed by atoms with van der Waals surface area (Å²) >= 11 is 0. The molecule has 2 atom stereocenters. The first-order valence-electron chi connectivity index (χ1n) is 5.70. The average Bonchev–Trinajstić information content (AvgIpc) is 2.35. The van der Waals surface area contributed by atoms with Crippen molar-refractivity contribution in [2.75, 3.05) is 20.3 Å². The molecule has 1 fully saturated rings. The van der Waals surface area contributed by atoms with Crippen molar-refractivity contribution in [3.8, 4) is 0 Å². The van der Waals surface area contributed by atoms with Crippen LogP contribution in [0.2, 0.25) is 0 Å². The van der Waals surface area contributed by atoms with Gasteiger partial charge in [0.25, 0.3) is 5.91 Å². The first-order valence-corrected chi connectivity index (χ1v) is 5.70. The first kappa shape index (κ1) is 12.1. The molecule has 2 unspecified atom stereocenters. The molecule has 4 heteroatoms. The minimum Gasteiger partial charge on any atom is -0.370 e. The smallest absolute Gasteiger partial charge is 0.251 e. The number of nitrogens with zero attached hydrogens (tertiary/aromatic N) is 1. The third kappa shape index (κ3) is 2.48. The summed E-state index contributed by atoms with van der Waals surface area (Å²) in [6, 6.07) is 9.78. The van der Waals surface area contributed by atoms with Crippen LogP contribution in [0.3, 0.4) is 0 Å². The van der Waals surface area contributed by atoms with E-state index in [1.807, 2.05) is 37.3 Å². The normalized spacial score (nSPS) is 22.6. The van der Waals surface area contributed by atoms with Crippen LogP contribution in [0.1, 0.15) is 18.7 Å². The van der Waals surface area contributed by atoms with Crippen molar-refractivity contribution in [3.05, 3.63) is 35.9 Å². The number of ether oxygens (including phenoxy) is 2. The lowest BCUT2D eigenvalue weighted by Gasteiger charge is -2.38. The van der Waals surface area contributed by atoms with Gasteiger partial charge in [0, 0.05) is 12.7 Å². The summed E-state index contributed by atoms with van der Waals surface area (Å²) < 4.78 is 10.7. The third-order valence-electron chi connectivity index (χ3n) is 2.91. The van der Waals surface area contributed by atoms with Gasteiger partial charge in [-0.25, -0.2) is 0 Å². The molecule has 1 aliphatic heterocycles. The van der Waals surface area contributed by atoms with Gasteiger partial charge in [0.15, 0.2) is 6.23 Å². The van der Waals surface area contributed by atoms with E-state index in [0.29, 0.717) is 6.61 Å². The molecule has 0 bridgehead atoms. The highest BCUT2D eigenvalue weighted by molar-refractivity contribution is 5.78. The minimum atomic E-state index is -0.331. The van der Waals surface area contributed by atoms with E-state index in [0.717, 1.165) is 5.56 Å². The van der Waals surface area contributed by atoms with Crippen LogP contribution in [0.15, 0.2) is 30.3 Å². The van der Waals surface area contributed by atoms with Crippen LogP contribution in [-0.2, 0) is 14.3 Å². The van der Waals surface area contributed by atoms with Gasteiger partial charge >= 0.3 is 0 Å². The van der Waals surface area contributed by atoms with Crippen LogP contribution in [0, 0.1) is 0 Å². The van der Waals surface area contributed by atoms with Gasteiger partial charge in [-0.2, -0.15) is 0 Å². The molecular weight excluding hydrogens is 218 g/mol. The van der Waals surface area contributed by atoms with Crippen LogP contribution < -0.4 is 0 Å². The molecule has 1 aromatic carbocycles. The molecule has 1 heterocycles. The van der Waals surface area contributed by atoms with Crippen molar-refractivity contribution in [2.45, 2.75) is 19.2 Å². The van der Waals surface area contributed by atoms with Gasteiger partial charge < -0.3 is 14.4 Å². The number of rotatable bonds is 3. The molecule has 0 aromatic heterocycles. The Kier molecular flexibility index (Phi) is 3.76. The van der Waals surface area contributed by atoms with Crippen molar-refractivity contribution in [3.63, 3.8) is 0 Å². The number of morpholine rings is 1. The lowest BCUT2D eigenvalue weighted by Crippen LogP contribution is -2.50. The van der Waals surface area contributed by atoms with E-state index < -0.39 is 0 Å². The Morgan fingerprint density at radius 2 is 2.12 bits per heavy atom. The summed E-state index contributed by atoms with van der Waals surface area (Å²) in [5, 5.41) is 0. The molecule has 92 valence electrons. The fraction of sp³-hybridized carbons (Fsp3) is 0.462. The van der Waals surface area contributed by atoms with Gasteiger partial charge in [0.05, 0.1) is 12.6 Å². The van der Waals surface area contributed by atoms with Crippen LogP contribution in [0.25, 0.3) is 0 Å². The molecule has 0 aliphatic carbocycles. The predicted octanol–water partition coefficient (Wildman–Crippen LogP) is 1.58. The molecular formula is C13H17NO3. The summed E-state index contributed by atoms with van der Waals surface area (Å²) in [6.45, 7) is 2.65. The number of methoxy groups -OCH3 is 1. The third-order valence-corrected chi connectivity index (χ3v) is 2.91. The van der Waals surface area contributed by atoms with E-state index in [4.69, 9.17) is 9.47 Å². The Balaban J connectivity index is 2.25. The van der Waals surface area contributed by atoms with Gasteiger partial charge in [0.2, 0.25) is 0 Å². The van der Waals surface area contributed by atoms with E-state index in [1.54, 1.807) is 12.0 Å². The molecule has 1 amide bonds. The summed E-state index contributed by atoms with van der Waals surface area (Å²) in [5.41, 5.74) is 0.983. The van der Waals surface area contributed by atoms with Crippen LogP contribution in [0.4, 0.5) is 0 Å². The lowest BCUT2D eigenvalue weighted by atomic mass is 10.1. The fourth-order valence-electron chi connectivity index (χ4n) is 2.11. The molecule has 0 N–H and O–H groups in total. The molecule has 4 nitrogen and oxygen atoms in total. The molecule has 1 aromatic rings. The Labute approximate surface area is 101 Å². The summed E-state index contributed by atoms with van der Waals surface area (Å²) in [5.74, 6) is -0.0283. The standard InChI is InChI=1S/C13H17NO3/c1-10-8-17-9-12(15)14(10)13(16-2)11-6-4-3-5-7-11/h3-7,10,13H,8-9H2,1-2H3. The molecule has 0 spiro atoms. The van der Waals surface area contributed by atoms with Crippen LogP contribution in [0.5, 0.6) is 0 Å². The number of benzene rings is 1. The minimum absolute atomic E-state index is 0.0283.